The lowest BCUT2D eigenvalue weighted by Crippen LogP contribution is -2.45. The molecule has 1 aliphatic rings. The van der Waals surface area contributed by atoms with Crippen LogP contribution in [0.1, 0.15) is 12.0 Å². The molecule has 1 N–H and O–H groups in total. The molecule has 1 aromatic heterocycles. The van der Waals surface area contributed by atoms with E-state index in [2.05, 4.69) is 9.99 Å². The molecule has 0 spiro atoms. The van der Waals surface area contributed by atoms with Gasteiger partial charge in [0.1, 0.15) is 5.58 Å². The maximum atomic E-state index is 12.8. The van der Waals surface area contributed by atoms with Crippen molar-refractivity contribution in [1.29, 1.82) is 0 Å². The Labute approximate surface area is 140 Å². The highest BCUT2D eigenvalue weighted by atomic mass is 19.4. The molecule has 3 aromatic rings. The predicted octanol–water partition coefficient (Wildman–Crippen LogP) is 4.48. The molecule has 1 aliphatic heterocycles. The number of para-hydroxylation sites is 1. The maximum absolute atomic E-state index is 12.8. The summed E-state index contributed by atoms with van der Waals surface area (Å²) in [7, 11) is 0. The minimum Gasteiger partial charge on any atom is -0.464 e. The van der Waals surface area contributed by atoms with E-state index in [0.29, 0.717) is 5.56 Å². The summed E-state index contributed by atoms with van der Waals surface area (Å²) in [5.74, 6) is -3.26. The minimum atomic E-state index is -4.91. The van der Waals surface area contributed by atoms with E-state index in [1.807, 2.05) is 24.3 Å². The molecule has 1 unspecified atom stereocenters. The minimum absolute atomic E-state index is 0.0448. The van der Waals surface area contributed by atoms with Gasteiger partial charge < -0.3 is 14.4 Å². The van der Waals surface area contributed by atoms with Gasteiger partial charge in [-0.3, -0.25) is 0 Å². The third-order valence-corrected chi connectivity index (χ3v) is 4.17. The number of rotatable bonds is 2. The van der Waals surface area contributed by atoms with Crippen LogP contribution in [0.3, 0.4) is 0 Å². The van der Waals surface area contributed by atoms with Crippen molar-refractivity contribution in [2.45, 2.75) is 18.4 Å². The van der Waals surface area contributed by atoms with Crippen LogP contribution in [-0.4, -0.2) is 22.8 Å². The molecule has 0 bridgehead atoms. The van der Waals surface area contributed by atoms with Gasteiger partial charge in [0.15, 0.2) is 0 Å². The summed E-state index contributed by atoms with van der Waals surface area (Å²) < 4.78 is 43.8. The SMILES string of the molecule is OC1(C(F)(F)F)CC(c2ccc(-c3coc4ccccc34)cc2)=NO1. The molecule has 0 fully saturated rings. The van der Waals surface area contributed by atoms with Crippen LogP contribution in [0.15, 0.2) is 64.4 Å². The Balaban J connectivity index is 1.61. The molecule has 4 rings (SSSR count). The summed E-state index contributed by atoms with van der Waals surface area (Å²) in [4.78, 5) is 4.24. The third kappa shape index (κ3) is 2.56. The number of alkyl halides is 3. The first kappa shape index (κ1) is 15.7. The Morgan fingerprint density at radius 1 is 1.00 bits per heavy atom. The lowest BCUT2D eigenvalue weighted by molar-refractivity contribution is -0.355. The number of fused-ring (bicyclic) bond motifs is 1. The first-order chi connectivity index (χ1) is 11.9. The van der Waals surface area contributed by atoms with E-state index in [1.165, 1.54) is 0 Å². The summed E-state index contributed by atoms with van der Waals surface area (Å²) in [5, 5.41) is 13.9. The van der Waals surface area contributed by atoms with Crippen molar-refractivity contribution < 1.29 is 27.5 Å². The molecule has 7 heteroatoms. The number of hydrogen-bond acceptors (Lipinski definition) is 4. The summed E-state index contributed by atoms with van der Waals surface area (Å²) in [5.41, 5.74) is 3.00. The second-order valence-electron chi connectivity index (χ2n) is 5.81. The van der Waals surface area contributed by atoms with Gasteiger partial charge in [0.05, 0.1) is 18.4 Å². The quantitative estimate of drug-likeness (QED) is 0.744. The van der Waals surface area contributed by atoms with E-state index >= 15 is 0 Å². The Bertz CT molecular complexity index is 960. The molecular weight excluding hydrogens is 335 g/mol. The van der Waals surface area contributed by atoms with Crippen molar-refractivity contribution in [3.63, 3.8) is 0 Å². The van der Waals surface area contributed by atoms with Crippen LogP contribution in [0.2, 0.25) is 0 Å². The Kier molecular flexibility index (Phi) is 3.36. The van der Waals surface area contributed by atoms with Gasteiger partial charge in [-0.1, -0.05) is 47.6 Å². The highest BCUT2D eigenvalue weighted by Gasteiger charge is 2.60. The molecule has 4 nitrogen and oxygen atoms in total. The second kappa shape index (κ2) is 5.35. The topological polar surface area (TPSA) is 55.0 Å². The highest BCUT2D eigenvalue weighted by Crippen LogP contribution is 2.39. The van der Waals surface area contributed by atoms with Crippen molar-refractivity contribution in [2.24, 2.45) is 5.16 Å². The second-order valence-corrected chi connectivity index (χ2v) is 5.81. The number of furan rings is 1. The molecule has 25 heavy (non-hydrogen) atoms. The van der Waals surface area contributed by atoms with Crippen molar-refractivity contribution in [3.05, 3.63) is 60.4 Å². The number of benzene rings is 2. The van der Waals surface area contributed by atoms with Crippen LogP contribution in [0.5, 0.6) is 0 Å². The lowest BCUT2D eigenvalue weighted by Gasteiger charge is -2.22. The van der Waals surface area contributed by atoms with E-state index in [9.17, 15) is 18.3 Å². The van der Waals surface area contributed by atoms with Crippen LogP contribution in [0.25, 0.3) is 22.1 Å². The van der Waals surface area contributed by atoms with Crippen LogP contribution in [-0.2, 0) is 4.84 Å². The zero-order valence-corrected chi connectivity index (χ0v) is 12.7. The zero-order valence-electron chi connectivity index (χ0n) is 12.7. The van der Waals surface area contributed by atoms with Gasteiger partial charge in [0.2, 0.25) is 0 Å². The molecule has 1 atom stereocenters. The van der Waals surface area contributed by atoms with Crippen LogP contribution < -0.4 is 0 Å². The molecule has 128 valence electrons. The van der Waals surface area contributed by atoms with E-state index in [0.717, 1.165) is 22.1 Å². The largest absolute Gasteiger partial charge is 0.464 e. The van der Waals surface area contributed by atoms with Crippen LogP contribution >= 0.6 is 0 Å². The number of hydrogen-bond donors (Lipinski definition) is 1. The van der Waals surface area contributed by atoms with Gasteiger partial charge in [-0.2, -0.15) is 13.2 Å². The number of oxime groups is 1. The molecule has 0 saturated carbocycles. The normalized spacial score (nSPS) is 20.6. The molecule has 0 radical (unpaired) electrons. The van der Waals surface area contributed by atoms with Gasteiger partial charge in [-0.15, -0.1) is 0 Å². The first-order valence-electron chi connectivity index (χ1n) is 7.49. The Morgan fingerprint density at radius 3 is 2.36 bits per heavy atom. The van der Waals surface area contributed by atoms with Crippen molar-refractivity contribution in [1.82, 2.24) is 0 Å². The fourth-order valence-electron chi connectivity index (χ4n) is 2.77. The van der Waals surface area contributed by atoms with E-state index in [-0.39, 0.29) is 5.71 Å². The van der Waals surface area contributed by atoms with Gasteiger partial charge in [-0.05, 0) is 17.2 Å². The standard InChI is InChI=1S/C18H12F3NO3/c19-18(20,21)17(23)9-15(22-25-17)12-7-5-11(6-8-12)14-10-24-16-4-2-1-3-13(14)16/h1-8,10,23H,9H2. The van der Waals surface area contributed by atoms with Gasteiger partial charge in [0.25, 0.3) is 0 Å². The molecule has 0 aliphatic carbocycles. The zero-order chi connectivity index (χ0) is 17.7. The van der Waals surface area contributed by atoms with Crippen molar-refractivity contribution in [2.75, 3.05) is 0 Å². The lowest BCUT2D eigenvalue weighted by atomic mass is 9.99. The van der Waals surface area contributed by atoms with E-state index in [4.69, 9.17) is 4.42 Å². The van der Waals surface area contributed by atoms with Crippen molar-refractivity contribution in [3.8, 4) is 11.1 Å². The molecule has 0 saturated heterocycles. The fourth-order valence-corrected chi connectivity index (χ4v) is 2.77. The Hall–Kier alpha value is -2.80. The van der Waals surface area contributed by atoms with E-state index < -0.39 is 18.4 Å². The monoisotopic (exact) mass is 347 g/mol. The van der Waals surface area contributed by atoms with Gasteiger partial charge >= 0.3 is 12.0 Å². The Morgan fingerprint density at radius 2 is 1.68 bits per heavy atom. The average molecular weight is 347 g/mol. The molecule has 2 heterocycles. The van der Waals surface area contributed by atoms with Gasteiger partial charge in [0, 0.05) is 10.9 Å². The number of nitrogens with zero attached hydrogens (tertiary/aromatic N) is 1. The van der Waals surface area contributed by atoms with Crippen LogP contribution in [0.4, 0.5) is 13.2 Å². The predicted molar refractivity (Wildman–Crippen MR) is 84.9 cm³/mol. The van der Waals surface area contributed by atoms with Crippen molar-refractivity contribution >= 4 is 16.7 Å². The molecule has 2 aromatic carbocycles. The number of aliphatic hydroxyl groups is 1. The van der Waals surface area contributed by atoms with Gasteiger partial charge in [-0.25, -0.2) is 0 Å². The fraction of sp³-hybridized carbons (Fsp3) is 0.167. The van der Waals surface area contributed by atoms with E-state index in [1.54, 1.807) is 30.5 Å². The molecular formula is C18H12F3NO3. The average Bonchev–Trinajstić information content (AvgIpc) is 3.19. The maximum Gasteiger partial charge on any atom is 0.458 e. The smallest absolute Gasteiger partial charge is 0.458 e. The third-order valence-electron chi connectivity index (χ3n) is 4.17. The summed E-state index contributed by atoms with van der Waals surface area (Å²) in [6.45, 7) is 0. The summed E-state index contributed by atoms with van der Waals surface area (Å²) in [6, 6.07) is 14.4. The number of halogens is 3. The highest BCUT2D eigenvalue weighted by molar-refractivity contribution is 6.02. The first-order valence-corrected chi connectivity index (χ1v) is 7.49. The van der Waals surface area contributed by atoms with Crippen LogP contribution in [0, 0.1) is 0 Å². The molecule has 0 amide bonds. The summed E-state index contributed by atoms with van der Waals surface area (Å²) in [6.07, 6.45) is -4.02. The summed E-state index contributed by atoms with van der Waals surface area (Å²) >= 11 is 0.